The van der Waals surface area contributed by atoms with E-state index in [0.717, 1.165) is 30.2 Å². The lowest BCUT2D eigenvalue weighted by molar-refractivity contribution is 0.331. The van der Waals surface area contributed by atoms with Crippen molar-refractivity contribution in [2.45, 2.75) is 13.1 Å². The maximum absolute atomic E-state index is 5.77. The summed E-state index contributed by atoms with van der Waals surface area (Å²) >= 11 is 0. The van der Waals surface area contributed by atoms with Crippen LogP contribution >= 0.6 is 0 Å². The molecule has 19 heavy (non-hydrogen) atoms. The van der Waals surface area contributed by atoms with Gasteiger partial charge in [-0.2, -0.15) is 0 Å². The molecule has 0 radical (unpaired) electrons. The second-order valence-electron chi connectivity index (χ2n) is 4.59. The number of nitrogens with two attached hydrogens (primary N) is 1. The molecule has 0 spiro atoms. The van der Waals surface area contributed by atoms with Gasteiger partial charge in [0.1, 0.15) is 12.4 Å². The molecule has 98 valence electrons. The van der Waals surface area contributed by atoms with E-state index in [1.807, 2.05) is 36.5 Å². The van der Waals surface area contributed by atoms with Gasteiger partial charge in [-0.3, -0.25) is 4.98 Å². The van der Waals surface area contributed by atoms with E-state index in [1.54, 1.807) is 0 Å². The van der Waals surface area contributed by atoms with Gasteiger partial charge in [-0.05, 0) is 18.2 Å². The van der Waals surface area contributed by atoms with E-state index in [0.29, 0.717) is 13.2 Å². The van der Waals surface area contributed by atoms with E-state index >= 15 is 0 Å². The van der Waals surface area contributed by atoms with Crippen molar-refractivity contribution in [2.24, 2.45) is 5.73 Å². The van der Waals surface area contributed by atoms with E-state index in [4.69, 9.17) is 10.5 Å². The highest BCUT2D eigenvalue weighted by Gasteiger charge is 2.15. The lowest BCUT2D eigenvalue weighted by atomic mass is 10.2. The number of ether oxygens (including phenoxy) is 1. The van der Waals surface area contributed by atoms with E-state index in [-0.39, 0.29) is 0 Å². The van der Waals surface area contributed by atoms with Crippen LogP contribution < -0.4 is 15.4 Å². The summed E-state index contributed by atoms with van der Waals surface area (Å²) in [6.45, 7) is 2.87. The Hall–Kier alpha value is -2.07. The third kappa shape index (κ3) is 2.53. The zero-order valence-corrected chi connectivity index (χ0v) is 10.7. The van der Waals surface area contributed by atoms with Crippen LogP contribution in [0.25, 0.3) is 0 Å². The van der Waals surface area contributed by atoms with Crippen LogP contribution in [-0.4, -0.2) is 18.1 Å². The molecule has 0 saturated carbocycles. The summed E-state index contributed by atoms with van der Waals surface area (Å²) in [4.78, 5) is 6.54. The SMILES string of the molecule is NCc1cc(N2CCOc3ccccc3C2)ccn1. The fourth-order valence-electron chi connectivity index (χ4n) is 2.32. The predicted molar refractivity (Wildman–Crippen MR) is 75.1 cm³/mol. The van der Waals surface area contributed by atoms with Crippen molar-refractivity contribution < 1.29 is 4.74 Å². The molecule has 1 aliphatic heterocycles. The second-order valence-corrected chi connectivity index (χ2v) is 4.59. The Labute approximate surface area is 112 Å². The molecule has 0 aliphatic carbocycles. The number of benzene rings is 1. The largest absolute Gasteiger partial charge is 0.491 e. The molecule has 1 aromatic heterocycles. The minimum absolute atomic E-state index is 0.467. The van der Waals surface area contributed by atoms with Gasteiger partial charge in [0.2, 0.25) is 0 Å². The average Bonchev–Trinajstić information content (AvgIpc) is 2.69. The first kappa shape index (κ1) is 12.0. The zero-order valence-electron chi connectivity index (χ0n) is 10.7. The molecule has 0 unspecified atom stereocenters. The molecule has 0 atom stereocenters. The minimum Gasteiger partial charge on any atom is -0.491 e. The van der Waals surface area contributed by atoms with Crippen LogP contribution in [0.3, 0.4) is 0 Å². The maximum atomic E-state index is 5.77. The highest BCUT2D eigenvalue weighted by molar-refractivity contribution is 5.49. The lowest BCUT2D eigenvalue weighted by Crippen LogP contribution is -2.25. The Morgan fingerprint density at radius 2 is 2.16 bits per heavy atom. The van der Waals surface area contributed by atoms with Crippen LogP contribution in [0.5, 0.6) is 5.75 Å². The van der Waals surface area contributed by atoms with E-state index in [1.165, 1.54) is 5.56 Å². The third-order valence-electron chi connectivity index (χ3n) is 3.33. The molecule has 2 heterocycles. The molecule has 1 aromatic carbocycles. The van der Waals surface area contributed by atoms with E-state index in [2.05, 4.69) is 16.0 Å². The number of hydrogen-bond acceptors (Lipinski definition) is 4. The van der Waals surface area contributed by atoms with Crippen LogP contribution in [0.15, 0.2) is 42.6 Å². The number of rotatable bonds is 2. The third-order valence-corrected chi connectivity index (χ3v) is 3.33. The molecule has 0 bridgehead atoms. The van der Waals surface area contributed by atoms with Gasteiger partial charge in [0.15, 0.2) is 0 Å². The highest BCUT2D eigenvalue weighted by atomic mass is 16.5. The van der Waals surface area contributed by atoms with E-state index < -0.39 is 0 Å². The van der Waals surface area contributed by atoms with Crippen LogP contribution in [0.4, 0.5) is 5.69 Å². The molecule has 1 aliphatic rings. The monoisotopic (exact) mass is 255 g/mol. The van der Waals surface area contributed by atoms with Crippen molar-refractivity contribution in [3.63, 3.8) is 0 Å². The van der Waals surface area contributed by atoms with Gasteiger partial charge in [0.05, 0.1) is 12.2 Å². The summed E-state index contributed by atoms with van der Waals surface area (Å²) in [5.74, 6) is 0.984. The molecular formula is C15H17N3O. The summed E-state index contributed by atoms with van der Waals surface area (Å²) < 4.78 is 5.77. The first-order chi connectivity index (χ1) is 9.36. The van der Waals surface area contributed by atoms with Crippen LogP contribution in [0.1, 0.15) is 11.3 Å². The molecule has 4 nitrogen and oxygen atoms in total. The first-order valence-electron chi connectivity index (χ1n) is 6.47. The van der Waals surface area contributed by atoms with Crippen molar-refractivity contribution >= 4 is 5.69 Å². The van der Waals surface area contributed by atoms with Gasteiger partial charge >= 0.3 is 0 Å². The molecule has 3 rings (SSSR count). The topological polar surface area (TPSA) is 51.4 Å². The average molecular weight is 255 g/mol. The summed E-state index contributed by atoms with van der Waals surface area (Å²) in [5.41, 5.74) is 8.93. The summed E-state index contributed by atoms with van der Waals surface area (Å²) in [6.07, 6.45) is 1.81. The quantitative estimate of drug-likeness (QED) is 0.891. The van der Waals surface area contributed by atoms with Gasteiger partial charge in [-0.25, -0.2) is 0 Å². The smallest absolute Gasteiger partial charge is 0.124 e. The lowest BCUT2D eigenvalue weighted by Gasteiger charge is -2.22. The standard InChI is InChI=1S/C15H17N3O/c16-10-13-9-14(5-6-17-13)18-7-8-19-15-4-2-1-3-12(15)11-18/h1-6,9H,7-8,10-11,16H2. The number of nitrogens with zero attached hydrogens (tertiary/aromatic N) is 2. The van der Waals surface area contributed by atoms with Gasteiger partial charge in [0, 0.05) is 30.5 Å². The molecule has 0 saturated heterocycles. The van der Waals surface area contributed by atoms with Crippen molar-refractivity contribution in [1.82, 2.24) is 4.98 Å². The number of aromatic nitrogens is 1. The van der Waals surface area contributed by atoms with Gasteiger partial charge in [-0.15, -0.1) is 0 Å². The number of fused-ring (bicyclic) bond motifs is 1. The fraction of sp³-hybridized carbons (Fsp3) is 0.267. The van der Waals surface area contributed by atoms with Crippen molar-refractivity contribution in [3.8, 4) is 5.75 Å². The molecule has 2 N–H and O–H groups in total. The predicted octanol–water partition coefficient (Wildman–Crippen LogP) is 1.94. The minimum atomic E-state index is 0.467. The Morgan fingerprint density at radius 1 is 1.26 bits per heavy atom. The molecule has 0 amide bonds. The Kier molecular flexibility index (Phi) is 3.33. The number of anilines is 1. The molecule has 2 aromatic rings. The van der Waals surface area contributed by atoms with E-state index in [9.17, 15) is 0 Å². The van der Waals surface area contributed by atoms with Gasteiger partial charge in [0.25, 0.3) is 0 Å². The van der Waals surface area contributed by atoms with Crippen molar-refractivity contribution in [2.75, 3.05) is 18.1 Å². The molecule has 0 fully saturated rings. The number of hydrogen-bond donors (Lipinski definition) is 1. The van der Waals surface area contributed by atoms with Crippen molar-refractivity contribution in [1.29, 1.82) is 0 Å². The molecule has 4 heteroatoms. The first-order valence-corrected chi connectivity index (χ1v) is 6.47. The number of pyridine rings is 1. The van der Waals surface area contributed by atoms with Gasteiger partial charge in [-0.1, -0.05) is 18.2 Å². The maximum Gasteiger partial charge on any atom is 0.124 e. The summed E-state index contributed by atoms with van der Waals surface area (Å²) in [7, 11) is 0. The molecular weight excluding hydrogens is 238 g/mol. The Morgan fingerprint density at radius 3 is 3.05 bits per heavy atom. The fourth-order valence-corrected chi connectivity index (χ4v) is 2.32. The zero-order chi connectivity index (χ0) is 13.1. The Balaban J connectivity index is 1.89. The number of para-hydroxylation sites is 1. The summed E-state index contributed by atoms with van der Waals surface area (Å²) in [5, 5.41) is 0. The highest BCUT2D eigenvalue weighted by Crippen LogP contribution is 2.25. The normalized spacial score (nSPS) is 14.5. The Bertz CT molecular complexity index is 571. The van der Waals surface area contributed by atoms with Crippen LogP contribution in [-0.2, 0) is 13.1 Å². The van der Waals surface area contributed by atoms with Crippen molar-refractivity contribution in [3.05, 3.63) is 53.9 Å². The van der Waals surface area contributed by atoms with Gasteiger partial charge < -0.3 is 15.4 Å². The second kappa shape index (κ2) is 5.28. The van der Waals surface area contributed by atoms with Crippen LogP contribution in [0.2, 0.25) is 0 Å². The van der Waals surface area contributed by atoms with Crippen LogP contribution in [0, 0.1) is 0 Å². The summed E-state index contributed by atoms with van der Waals surface area (Å²) in [6, 6.07) is 12.3.